The minimum absolute atomic E-state index is 0.112. The zero-order valence-corrected chi connectivity index (χ0v) is 16.9. The van der Waals surface area contributed by atoms with Gasteiger partial charge in [-0.15, -0.1) is 11.3 Å². The predicted molar refractivity (Wildman–Crippen MR) is 106 cm³/mol. The number of anilines is 1. The van der Waals surface area contributed by atoms with Crippen molar-refractivity contribution in [1.82, 2.24) is 10.3 Å². The number of hydrogen-bond donors (Lipinski definition) is 2. The Morgan fingerprint density at radius 1 is 1.28 bits per heavy atom. The minimum Gasteiger partial charge on any atom is -0.397 e. The van der Waals surface area contributed by atoms with Gasteiger partial charge < -0.3 is 11.1 Å². The molecule has 2 heterocycles. The van der Waals surface area contributed by atoms with Gasteiger partial charge in [0.25, 0.3) is 5.91 Å². The van der Waals surface area contributed by atoms with Crippen molar-refractivity contribution in [2.75, 3.05) is 5.73 Å². The summed E-state index contributed by atoms with van der Waals surface area (Å²) in [6, 6.07) is 2.18. The second-order valence-corrected chi connectivity index (χ2v) is 10.3. The van der Waals surface area contributed by atoms with Gasteiger partial charge in [0.15, 0.2) is 0 Å². The number of nitrogen functional groups attached to an aromatic ring is 1. The Bertz CT molecular complexity index is 824. The predicted octanol–water partition coefficient (Wildman–Crippen LogP) is 4.56. The van der Waals surface area contributed by atoms with E-state index in [4.69, 9.17) is 10.7 Å². The van der Waals surface area contributed by atoms with Crippen LogP contribution in [0.15, 0.2) is 6.07 Å². The van der Waals surface area contributed by atoms with E-state index >= 15 is 0 Å². The van der Waals surface area contributed by atoms with E-state index in [0.29, 0.717) is 21.9 Å². The summed E-state index contributed by atoms with van der Waals surface area (Å²) in [5.74, 6) is 0.543. The number of nitrogens with zero attached hydrogens (tertiary/aromatic N) is 1. The lowest BCUT2D eigenvalue weighted by Crippen LogP contribution is -2.40. The van der Waals surface area contributed by atoms with Gasteiger partial charge in [-0.05, 0) is 63.0 Å². The van der Waals surface area contributed by atoms with Gasteiger partial charge in [-0.3, -0.25) is 4.79 Å². The minimum atomic E-state index is -0.285. The van der Waals surface area contributed by atoms with Crippen LogP contribution in [0.3, 0.4) is 0 Å². The van der Waals surface area contributed by atoms with Crippen molar-refractivity contribution in [3.05, 3.63) is 22.2 Å². The molecule has 2 aromatic rings. The first-order valence-electron chi connectivity index (χ1n) is 8.99. The van der Waals surface area contributed by atoms with Crippen LogP contribution < -0.4 is 11.1 Å². The van der Waals surface area contributed by atoms with Gasteiger partial charge in [-0.1, -0.05) is 20.8 Å². The van der Waals surface area contributed by atoms with Crippen molar-refractivity contribution in [2.24, 2.45) is 11.3 Å². The van der Waals surface area contributed by atoms with Crippen molar-refractivity contribution in [3.8, 4) is 0 Å². The maximum absolute atomic E-state index is 12.5. The van der Waals surface area contributed by atoms with Crippen LogP contribution in [0.1, 0.15) is 68.9 Å². The molecule has 2 aromatic heterocycles. The molecule has 0 saturated heterocycles. The fraction of sp³-hybridized carbons (Fsp3) is 0.600. The lowest BCUT2D eigenvalue weighted by Gasteiger charge is -2.34. The Morgan fingerprint density at radius 3 is 2.56 bits per heavy atom. The lowest BCUT2D eigenvalue weighted by atomic mass is 9.71. The SMILES string of the molecule is CC(C)(C)NC(=O)c1sc2nc3c(cc2c1N)CC(C(C)(C)C)CC3. The highest BCUT2D eigenvalue weighted by molar-refractivity contribution is 7.21. The fourth-order valence-corrected chi connectivity index (χ4v) is 4.49. The van der Waals surface area contributed by atoms with Crippen molar-refractivity contribution in [3.63, 3.8) is 0 Å². The first-order chi connectivity index (χ1) is 11.5. The molecular weight excluding hydrogens is 330 g/mol. The van der Waals surface area contributed by atoms with Crippen LogP contribution in [0.5, 0.6) is 0 Å². The molecule has 0 fully saturated rings. The molecule has 0 spiro atoms. The number of hydrogen-bond acceptors (Lipinski definition) is 4. The monoisotopic (exact) mass is 359 g/mol. The van der Waals surface area contributed by atoms with Gasteiger partial charge in [0.05, 0.1) is 5.69 Å². The number of pyridine rings is 1. The van der Waals surface area contributed by atoms with Gasteiger partial charge in [0.1, 0.15) is 9.71 Å². The number of carbonyl (C=O) groups is 1. The number of rotatable bonds is 1. The smallest absolute Gasteiger partial charge is 0.263 e. The van der Waals surface area contributed by atoms with E-state index in [2.05, 4.69) is 32.2 Å². The van der Waals surface area contributed by atoms with E-state index in [9.17, 15) is 4.79 Å². The average molecular weight is 360 g/mol. The van der Waals surface area contributed by atoms with Crippen molar-refractivity contribution in [1.29, 1.82) is 0 Å². The highest BCUT2D eigenvalue weighted by Gasteiger charge is 2.30. The van der Waals surface area contributed by atoms with E-state index in [1.165, 1.54) is 29.0 Å². The molecule has 1 aliphatic rings. The molecule has 3 rings (SSSR count). The summed E-state index contributed by atoms with van der Waals surface area (Å²) in [6.45, 7) is 12.8. The largest absolute Gasteiger partial charge is 0.397 e. The summed E-state index contributed by atoms with van der Waals surface area (Å²) in [5, 5.41) is 3.93. The van der Waals surface area contributed by atoms with Crippen LogP contribution >= 0.6 is 11.3 Å². The normalized spacial score (nSPS) is 18.2. The Balaban J connectivity index is 1.99. The summed E-state index contributed by atoms with van der Waals surface area (Å²) in [5.41, 5.74) is 9.37. The van der Waals surface area contributed by atoms with Gasteiger partial charge in [0, 0.05) is 16.6 Å². The van der Waals surface area contributed by atoms with Gasteiger partial charge in [0.2, 0.25) is 0 Å². The van der Waals surface area contributed by atoms with Crippen LogP contribution in [0.4, 0.5) is 5.69 Å². The number of aromatic nitrogens is 1. The van der Waals surface area contributed by atoms with Crippen molar-refractivity contribution >= 4 is 33.1 Å². The molecule has 1 amide bonds. The Kier molecular flexibility index (Phi) is 4.34. The third kappa shape index (κ3) is 3.66. The molecule has 0 aliphatic heterocycles. The molecule has 0 aromatic carbocycles. The maximum atomic E-state index is 12.5. The summed E-state index contributed by atoms with van der Waals surface area (Å²) < 4.78 is 0. The molecule has 1 unspecified atom stereocenters. The van der Waals surface area contributed by atoms with Crippen molar-refractivity contribution in [2.45, 2.75) is 66.3 Å². The molecule has 136 valence electrons. The first kappa shape index (κ1) is 18.2. The molecule has 4 nitrogen and oxygen atoms in total. The molecule has 3 N–H and O–H groups in total. The molecule has 0 bridgehead atoms. The zero-order chi connectivity index (χ0) is 18.6. The zero-order valence-electron chi connectivity index (χ0n) is 16.1. The van der Waals surface area contributed by atoms with E-state index in [-0.39, 0.29) is 11.4 Å². The van der Waals surface area contributed by atoms with Crippen LogP contribution in [0.25, 0.3) is 10.2 Å². The highest BCUT2D eigenvalue weighted by atomic mass is 32.1. The summed E-state index contributed by atoms with van der Waals surface area (Å²) in [4.78, 5) is 18.9. The van der Waals surface area contributed by atoms with E-state index < -0.39 is 0 Å². The lowest BCUT2D eigenvalue weighted by molar-refractivity contribution is 0.0924. The number of thiophene rings is 1. The van der Waals surface area contributed by atoms with E-state index in [1.807, 2.05) is 20.8 Å². The Morgan fingerprint density at radius 2 is 1.96 bits per heavy atom. The first-order valence-corrected chi connectivity index (χ1v) is 9.80. The standard InChI is InChI=1S/C20H29N3OS/c1-19(2,3)12-7-8-14-11(9-12)10-13-15(21)16(25-18(13)22-14)17(24)23-20(4,5)6/h10,12H,7-9,21H2,1-6H3,(H,23,24). The third-order valence-electron chi connectivity index (χ3n) is 5.01. The molecule has 1 atom stereocenters. The number of fused-ring (bicyclic) bond motifs is 2. The quantitative estimate of drug-likeness (QED) is 0.784. The third-order valence-corrected chi connectivity index (χ3v) is 6.12. The molecule has 5 heteroatoms. The Labute approximate surface area is 154 Å². The maximum Gasteiger partial charge on any atom is 0.263 e. The van der Waals surface area contributed by atoms with Gasteiger partial charge >= 0.3 is 0 Å². The molecule has 0 radical (unpaired) electrons. The second-order valence-electron chi connectivity index (χ2n) is 9.30. The number of carbonyl (C=O) groups excluding carboxylic acids is 1. The van der Waals surface area contributed by atoms with E-state index in [1.54, 1.807) is 0 Å². The second kappa shape index (κ2) is 5.97. The summed E-state index contributed by atoms with van der Waals surface area (Å²) in [6.07, 6.45) is 3.22. The molecular formula is C20H29N3OS. The summed E-state index contributed by atoms with van der Waals surface area (Å²) in [7, 11) is 0. The number of nitrogens with one attached hydrogen (secondary N) is 1. The van der Waals surface area contributed by atoms with E-state index in [0.717, 1.165) is 23.1 Å². The number of amides is 1. The van der Waals surface area contributed by atoms with Crippen LogP contribution in [-0.4, -0.2) is 16.4 Å². The topological polar surface area (TPSA) is 68.0 Å². The molecule has 1 aliphatic carbocycles. The molecule has 0 saturated carbocycles. The van der Waals surface area contributed by atoms with Crippen molar-refractivity contribution < 1.29 is 4.79 Å². The number of aryl methyl sites for hydroxylation is 1. The van der Waals surface area contributed by atoms with Crippen LogP contribution in [-0.2, 0) is 12.8 Å². The highest BCUT2D eigenvalue weighted by Crippen LogP contribution is 2.40. The van der Waals surface area contributed by atoms with Gasteiger partial charge in [-0.2, -0.15) is 0 Å². The summed E-state index contributed by atoms with van der Waals surface area (Å²) >= 11 is 1.40. The van der Waals surface area contributed by atoms with Crippen LogP contribution in [0, 0.1) is 11.3 Å². The Hall–Kier alpha value is -1.62. The fourth-order valence-electron chi connectivity index (χ4n) is 3.50. The van der Waals surface area contributed by atoms with Crippen LogP contribution in [0.2, 0.25) is 0 Å². The average Bonchev–Trinajstić information content (AvgIpc) is 2.78. The number of nitrogens with two attached hydrogens (primary N) is 1. The van der Waals surface area contributed by atoms with Gasteiger partial charge in [-0.25, -0.2) is 4.98 Å². The molecule has 25 heavy (non-hydrogen) atoms.